The van der Waals surface area contributed by atoms with Gasteiger partial charge in [0, 0.05) is 15.5 Å². The van der Waals surface area contributed by atoms with Crippen LogP contribution in [0.5, 0.6) is 5.75 Å². The normalized spacial score (nSPS) is 18.7. The molecule has 1 heterocycles. The smallest absolute Gasteiger partial charge is 0.244 e. The lowest BCUT2D eigenvalue weighted by Gasteiger charge is -2.25. The summed E-state index contributed by atoms with van der Waals surface area (Å²) in [6, 6.07) is 12.6. The molecule has 7 heteroatoms. The number of nitrogens with zero attached hydrogens (tertiary/aromatic N) is 1. The van der Waals surface area contributed by atoms with E-state index in [1.54, 1.807) is 23.5 Å². The van der Waals surface area contributed by atoms with E-state index >= 15 is 0 Å². The number of ether oxygens (including phenoxy) is 1. The van der Waals surface area contributed by atoms with Crippen LogP contribution in [0.3, 0.4) is 0 Å². The Hall–Kier alpha value is -0.890. The van der Waals surface area contributed by atoms with Gasteiger partial charge < -0.3 is 4.74 Å². The Kier molecular flexibility index (Phi) is 5.34. The van der Waals surface area contributed by atoms with Crippen molar-refractivity contribution in [1.29, 1.82) is 0 Å². The lowest BCUT2D eigenvalue weighted by molar-refractivity contribution is 0.390. The molecule has 0 spiro atoms. The van der Waals surface area contributed by atoms with Gasteiger partial charge in [0.2, 0.25) is 10.0 Å². The third-order valence-corrected chi connectivity index (χ3v) is 7.56. The van der Waals surface area contributed by atoms with Crippen molar-refractivity contribution in [2.75, 3.05) is 13.7 Å². The molecule has 1 aliphatic rings. The second kappa shape index (κ2) is 7.15. The molecule has 4 nitrogen and oxygen atoms in total. The number of rotatable bonds is 4. The van der Waals surface area contributed by atoms with Crippen LogP contribution in [0, 0.1) is 0 Å². The lowest BCUT2D eigenvalue weighted by Crippen LogP contribution is -2.31. The van der Waals surface area contributed by atoms with Gasteiger partial charge in [-0.2, -0.15) is 4.31 Å². The maximum absolute atomic E-state index is 13.2. The summed E-state index contributed by atoms with van der Waals surface area (Å²) in [4.78, 5) is 0.284. The third-order valence-electron chi connectivity index (χ3n) is 4.16. The number of methoxy groups -OCH3 is 1. The quantitative estimate of drug-likeness (QED) is 0.642. The molecule has 1 atom stereocenters. The summed E-state index contributed by atoms with van der Waals surface area (Å²) in [6.45, 7) is 0.517. The van der Waals surface area contributed by atoms with Gasteiger partial charge in [0.1, 0.15) is 5.75 Å². The summed E-state index contributed by atoms with van der Waals surface area (Å²) in [7, 11) is -1.98. The van der Waals surface area contributed by atoms with Crippen molar-refractivity contribution in [3.05, 3.63) is 57.0 Å². The first-order valence-corrected chi connectivity index (χ1v) is 10.6. The highest BCUT2D eigenvalue weighted by Gasteiger charge is 2.37. The second-order valence-corrected chi connectivity index (χ2v) is 9.25. The van der Waals surface area contributed by atoms with Gasteiger partial charge in [-0.25, -0.2) is 8.42 Å². The molecule has 0 amide bonds. The van der Waals surface area contributed by atoms with Gasteiger partial charge in [-0.05, 0) is 64.7 Å². The van der Waals surface area contributed by atoms with Gasteiger partial charge in [-0.1, -0.05) is 28.1 Å². The maximum atomic E-state index is 13.2. The van der Waals surface area contributed by atoms with E-state index in [4.69, 9.17) is 4.74 Å². The Balaban J connectivity index is 2.01. The largest absolute Gasteiger partial charge is 0.497 e. The van der Waals surface area contributed by atoms with Crippen LogP contribution < -0.4 is 4.74 Å². The molecule has 2 aromatic carbocycles. The van der Waals surface area contributed by atoms with E-state index < -0.39 is 10.0 Å². The predicted molar refractivity (Wildman–Crippen MR) is 101 cm³/mol. The fraction of sp³-hybridized carbons (Fsp3) is 0.294. The van der Waals surface area contributed by atoms with Crippen molar-refractivity contribution in [1.82, 2.24) is 4.31 Å². The zero-order valence-corrected chi connectivity index (χ0v) is 17.1. The first kappa shape index (κ1) is 17.9. The molecule has 0 radical (unpaired) electrons. The molecule has 0 aliphatic carbocycles. The minimum Gasteiger partial charge on any atom is -0.497 e. The fourth-order valence-corrected chi connectivity index (χ4v) is 6.16. The molecule has 3 rings (SSSR count). The molecule has 1 saturated heterocycles. The fourth-order valence-electron chi connectivity index (χ4n) is 3.01. The molecule has 0 N–H and O–H groups in total. The maximum Gasteiger partial charge on any atom is 0.244 e. The average Bonchev–Trinajstić information content (AvgIpc) is 3.07. The van der Waals surface area contributed by atoms with Gasteiger partial charge in [-0.15, -0.1) is 0 Å². The summed E-state index contributed by atoms with van der Waals surface area (Å²) in [5, 5.41) is 0. The standard InChI is InChI=1S/C17H17Br2NO3S/c1-23-14-5-2-4-12(10-14)16-6-3-9-20(16)24(21,22)17-11-13(18)7-8-15(17)19/h2,4-5,7-8,10-11,16H,3,6,9H2,1H3. The molecular weight excluding hydrogens is 458 g/mol. The van der Waals surface area contributed by atoms with Gasteiger partial charge >= 0.3 is 0 Å². The Morgan fingerprint density at radius 3 is 2.71 bits per heavy atom. The summed E-state index contributed by atoms with van der Waals surface area (Å²) in [6.07, 6.45) is 1.64. The Labute approximate surface area is 159 Å². The summed E-state index contributed by atoms with van der Waals surface area (Å²) < 4.78 is 34.6. The predicted octanol–water partition coefficient (Wildman–Crippen LogP) is 4.75. The number of sulfonamides is 1. The minimum atomic E-state index is -3.59. The molecule has 1 unspecified atom stereocenters. The highest BCUT2D eigenvalue weighted by molar-refractivity contribution is 9.11. The lowest BCUT2D eigenvalue weighted by atomic mass is 10.1. The Bertz CT molecular complexity index is 855. The van der Waals surface area contributed by atoms with E-state index in [9.17, 15) is 8.42 Å². The molecule has 0 aromatic heterocycles. The summed E-state index contributed by atoms with van der Waals surface area (Å²) in [5.41, 5.74) is 0.960. The SMILES string of the molecule is COc1cccc(C2CCCN2S(=O)(=O)c2cc(Br)ccc2Br)c1. The first-order valence-electron chi connectivity index (χ1n) is 7.54. The molecule has 0 saturated carbocycles. The van der Waals surface area contributed by atoms with Gasteiger partial charge in [0.25, 0.3) is 0 Å². The first-order chi connectivity index (χ1) is 11.4. The van der Waals surface area contributed by atoms with E-state index in [0.29, 0.717) is 11.0 Å². The minimum absolute atomic E-state index is 0.170. The molecule has 128 valence electrons. The van der Waals surface area contributed by atoms with Gasteiger partial charge in [0.15, 0.2) is 0 Å². The van der Waals surface area contributed by atoms with Crippen molar-refractivity contribution in [3.63, 3.8) is 0 Å². The van der Waals surface area contributed by atoms with Crippen molar-refractivity contribution < 1.29 is 13.2 Å². The zero-order valence-electron chi connectivity index (χ0n) is 13.1. The topological polar surface area (TPSA) is 46.6 Å². The van der Waals surface area contributed by atoms with Crippen molar-refractivity contribution >= 4 is 41.9 Å². The highest BCUT2D eigenvalue weighted by atomic mass is 79.9. The van der Waals surface area contributed by atoms with Crippen molar-refractivity contribution in [3.8, 4) is 5.75 Å². The van der Waals surface area contributed by atoms with E-state index in [1.807, 2.05) is 30.3 Å². The number of hydrogen-bond acceptors (Lipinski definition) is 3. The second-order valence-electron chi connectivity index (χ2n) is 5.63. The molecular formula is C17H17Br2NO3S. The van der Waals surface area contributed by atoms with Crippen LogP contribution in [0.2, 0.25) is 0 Å². The van der Waals surface area contributed by atoms with Crippen molar-refractivity contribution in [2.45, 2.75) is 23.8 Å². The van der Waals surface area contributed by atoms with Crippen LogP contribution in [-0.4, -0.2) is 26.4 Å². The van der Waals surface area contributed by atoms with Crippen LogP contribution in [0.25, 0.3) is 0 Å². The van der Waals surface area contributed by atoms with Crippen LogP contribution >= 0.6 is 31.9 Å². The van der Waals surface area contributed by atoms with Crippen molar-refractivity contribution in [2.24, 2.45) is 0 Å². The van der Waals surface area contributed by atoms with Gasteiger partial charge in [-0.3, -0.25) is 0 Å². The molecule has 2 aromatic rings. The van der Waals surface area contributed by atoms with Crippen LogP contribution in [0.1, 0.15) is 24.4 Å². The van der Waals surface area contributed by atoms with Crippen LogP contribution in [0.15, 0.2) is 56.3 Å². The molecule has 24 heavy (non-hydrogen) atoms. The summed E-state index contributed by atoms with van der Waals surface area (Å²) in [5.74, 6) is 0.736. The van der Waals surface area contributed by atoms with E-state index in [1.165, 1.54) is 0 Å². The van der Waals surface area contributed by atoms with Gasteiger partial charge in [0.05, 0.1) is 18.0 Å². The molecule has 1 fully saturated rings. The number of hydrogen-bond donors (Lipinski definition) is 0. The average molecular weight is 475 g/mol. The summed E-state index contributed by atoms with van der Waals surface area (Å²) >= 11 is 6.72. The zero-order chi connectivity index (χ0) is 17.3. The Morgan fingerprint density at radius 2 is 1.96 bits per heavy atom. The Morgan fingerprint density at radius 1 is 1.17 bits per heavy atom. The number of halogens is 2. The molecule has 1 aliphatic heterocycles. The number of benzene rings is 2. The van der Waals surface area contributed by atoms with Crippen LogP contribution in [0.4, 0.5) is 0 Å². The molecule has 0 bridgehead atoms. The highest BCUT2D eigenvalue weighted by Crippen LogP contribution is 2.39. The van der Waals surface area contributed by atoms with E-state index in [2.05, 4.69) is 31.9 Å². The van der Waals surface area contributed by atoms with Crippen LogP contribution in [-0.2, 0) is 10.0 Å². The third kappa shape index (κ3) is 3.40. The monoisotopic (exact) mass is 473 g/mol. The van der Waals surface area contributed by atoms with E-state index in [0.717, 1.165) is 28.6 Å². The van der Waals surface area contributed by atoms with E-state index in [-0.39, 0.29) is 10.9 Å².